The molecule has 3 aromatic rings. The quantitative estimate of drug-likeness (QED) is 0.370. The van der Waals surface area contributed by atoms with E-state index >= 15 is 0 Å². The Labute approximate surface area is 184 Å². The minimum atomic E-state index is -0.888. The number of Topliss-reactive ketones (excluding diaryl/α,β-unsaturated/α-hetero) is 1. The summed E-state index contributed by atoms with van der Waals surface area (Å²) in [5.74, 6) is -1.67. The van der Waals surface area contributed by atoms with Crippen molar-refractivity contribution in [3.63, 3.8) is 0 Å². The summed E-state index contributed by atoms with van der Waals surface area (Å²) in [7, 11) is 0. The van der Waals surface area contributed by atoms with Gasteiger partial charge in [-0.05, 0) is 54.4 Å². The van der Waals surface area contributed by atoms with E-state index in [1.165, 1.54) is 23.1 Å². The van der Waals surface area contributed by atoms with Crippen LogP contribution in [0.2, 0.25) is 0 Å². The molecule has 1 saturated heterocycles. The molecule has 0 saturated carbocycles. The Balaban J connectivity index is 1.69. The van der Waals surface area contributed by atoms with Gasteiger partial charge in [-0.25, -0.2) is 4.39 Å². The molecule has 32 heavy (non-hydrogen) atoms. The van der Waals surface area contributed by atoms with Crippen molar-refractivity contribution in [2.24, 2.45) is 0 Å². The molecule has 0 aliphatic carbocycles. The van der Waals surface area contributed by atoms with Gasteiger partial charge in [0.05, 0.1) is 11.6 Å². The van der Waals surface area contributed by atoms with Crippen LogP contribution in [0.15, 0.2) is 78.4 Å². The second-order valence-electron chi connectivity index (χ2n) is 8.01. The fraction of sp³-hybridized carbons (Fsp3) is 0.154. The van der Waals surface area contributed by atoms with Crippen LogP contribution in [0.4, 0.5) is 10.1 Å². The second kappa shape index (κ2) is 7.64. The number of ketones is 1. The van der Waals surface area contributed by atoms with Crippen LogP contribution in [0.25, 0.3) is 5.76 Å². The summed E-state index contributed by atoms with van der Waals surface area (Å²) >= 11 is 0. The fourth-order valence-electron chi connectivity index (χ4n) is 4.40. The summed E-state index contributed by atoms with van der Waals surface area (Å²) in [6, 6.07) is 18.8. The highest BCUT2D eigenvalue weighted by Crippen LogP contribution is 2.42. The lowest BCUT2D eigenvalue weighted by molar-refractivity contribution is -0.132. The first kappa shape index (κ1) is 20.0. The third-order valence-corrected chi connectivity index (χ3v) is 5.82. The molecule has 1 N–H and O–H groups in total. The molecule has 1 amide bonds. The molecule has 5 nitrogen and oxygen atoms in total. The number of halogens is 1. The fourth-order valence-corrected chi connectivity index (χ4v) is 4.40. The molecule has 0 spiro atoms. The number of benzene rings is 3. The summed E-state index contributed by atoms with van der Waals surface area (Å²) < 4.78 is 19.7. The number of carbonyl (C=O) groups is 2. The molecule has 2 atom stereocenters. The average molecular weight is 429 g/mol. The average Bonchev–Trinajstić information content (AvgIpc) is 3.29. The molecule has 3 aromatic carbocycles. The zero-order valence-corrected chi connectivity index (χ0v) is 17.3. The molecular formula is C26H20FNO4. The van der Waals surface area contributed by atoms with Crippen LogP contribution >= 0.6 is 0 Å². The van der Waals surface area contributed by atoms with Crippen molar-refractivity contribution in [2.75, 3.05) is 4.90 Å². The van der Waals surface area contributed by atoms with Crippen LogP contribution in [-0.4, -0.2) is 22.9 Å². The van der Waals surface area contributed by atoms with E-state index in [-0.39, 0.29) is 23.1 Å². The highest BCUT2D eigenvalue weighted by atomic mass is 19.1. The Kier molecular flexibility index (Phi) is 4.78. The number of nitrogens with zero attached hydrogens (tertiary/aromatic N) is 1. The number of aliphatic hydroxyl groups excluding tert-OH is 1. The van der Waals surface area contributed by atoms with Gasteiger partial charge in [-0.3, -0.25) is 14.5 Å². The SMILES string of the molecule is CC1Cc2cc(/C(O)=C3/C(=O)C(=O)N(c4cccc(F)c4)C3c3ccccc3)ccc2O1. The van der Waals surface area contributed by atoms with Crippen molar-refractivity contribution in [1.29, 1.82) is 0 Å². The molecule has 2 unspecified atom stereocenters. The van der Waals surface area contributed by atoms with Crippen molar-refractivity contribution in [3.05, 3.63) is 101 Å². The summed E-state index contributed by atoms with van der Waals surface area (Å²) in [5, 5.41) is 11.2. The number of carbonyl (C=O) groups excluding carboxylic acids is 2. The maximum Gasteiger partial charge on any atom is 0.300 e. The van der Waals surface area contributed by atoms with Crippen LogP contribution in [0.3, 0.4) is 0 Å². The number of aliphatic hydroxyl groups is 1. The van der Waals surface area contributed by atoms with Crippen LogP contribution in [0.5, 0.6) is 5.75 Å². The topological polar surface area (TPSA) is 66.8 Å². The van der Waals surface area contributed by atoms with Crippen molar-refractivity contribution >= 4 is 23.1 Å². The van der Waals surface area contributed by atoms with Gasteiger partial charge in [-0.1, -0.05) is 36.4 Å². The van der Waals surface area contributed by atoms with Crippen molar-refractivity contribution < 1.29 is 23.8 Å². The first-order valence-corrected chi connectivity index (χ1v) is 10.4. The number of anilines is 1. The summed E-state index contributed by atoms with van der Waals surface area (Å²) in [4.78, 5) is 27.4. The van der Waals surface area contributed by atoms with E-state index in [2.05, 4.69) is 0 Å². The van der Waals surface area contributed by atoms with E-state index in [4.69, 9.17) is 4.74 Å². The Morgan fingerprint density at radius 2 is 1.81 bits per heavy atom. The van der Waals surface area contributed by atoms with Gasteiger partial charge in [0.25, 0.3) is 11.7 Å². The van der Waals surface area contributed by atoms with Crippen LogP contribution < -0.4 is 9.64 Å². The maximum absolute atomic E-state index is 14.0. The zero-order valence-electron chi connectivity index (χ0n) is 17.3. The van der Waals surface area contributed by atoms with E-state index in [0.717, 1.165) is 11.3 Å². The molecule has 5 rings (SSSR count). The number of hydrogen-bond acceptors (Lipinski definition) is 4. The molecule has 0 bridgehead atoms. The van der Waals surface area contributed by atoms with E-state index < -0.39 is 23.5 Å². The van der Waals surface area contributed by atoms with Crippen LogP contribution in [0.1, 0.15) is 29.7 Å². The number of fused-ring (bicyclic) bond motifs is 1. The molecular weight excluding hydrogens is 409 g/mol. The number of rotatable bonds is 3. The van der Waals surface area contributed by atoms with E-state index in [9.17, 15) is 19.1 Å². The lowest BCUT2D eigenvalue weighted by atomic mass is 9.94. The number of ether oxygens (including phenoxy) is 1. The monoisotopic (exact) mass is 429 g/mol. The van der Waals surface area contributed by atoms with E-state index in [0.29, 0.717) is 17.5 Å². The summed E-state index contributed by atoms with van der Waals surface area (Å²) in [6.45, 7) is 1.96. The van der Waals surface area contributed by atoms with Gasteiger partial charge in [-0.2, -0.15) is 0 Å². The van der Waals surface area contributed by atoms with Crippen molar-refractivity contribution in [3.8, 4) is 5.75 Å². The van der Waals surface area contributed by atoms with Gasteiger partial charge in [0.1, 0.15) is 23.4 Å². The molecule has 6 heteroatoms. The van der Waals surface area contributed by atoms with Gasteiger partial charge in [-0.15, -0.1) is 0 Å². The maximum atomic E-state index is 14.0. The van der Waals surface area contributed by atoms with Crippen LogP contribution in [0, 0.1) is 5.82 Å². The van der Waals surface area contributed by atoms with E-state index in [1.54, 1.807) is 48.5 Å². The third-order valence-electron chi connectivity index (χ3n) is 5.82. The minimum absolute atomic E-state index is 0.0302. The zero-order chi connectivity index (χ0) is 22.4. The molecule has 2 aliphatic rings. The lowest BCUT2D eigenvalue weighted by Crippen LogP contribution is -2.29. The smallest absolute Gasteiger partial charge is 0.300 e. The molecule has 160 valence electrons. The first-order valence-electron chi connectivity index (χ1n) is 10.4. The van der Waals surface area contributed by atoms with Gasteiger partial charge in [0, 0.05) is 17.7 Å². The van der Waals surface area contributed by atoms with Gasteiger partial charge in [0.2, 0.25) is 0 Å². The Hall–Kier alpha value is -3.93. The minimum Gasteiger partial charge on any atom is -0.507 e. The largest absolute Gasteiger partial charge is 0.507 e. The predicted octanol–water partition coefficient (Wildman–Crippen LogP) is 4.78. The lowest BCUT2D eigenvalue weighted by Gasteiger charge is -2.25. The third kappa shape index (κ3) is 3.24. The highest BCUT2D eigenvalue weighted by molar-refractivity contribution is 6.51. The van der Waals surface area contributed by atoms with Crippen molar-refractivity contribution in [1.82, 2.24) is 0 Å². The van der Waals surface area contributed by atoms with Gasteiger partial charge < -0.3 is 9.84 Å². The molecule has 2 heterocycles. The first-order chi connectivity index (χ1) is 15.4. The molecule has 2 aliphatic heterocycles. The predicted molar refractivity (Wildman–Crippen MR) is 118 cm³/mol. The van der Waals surface area contributed by atoms with Gasteiger partial charge in [0.15, 0.2) is 0 Å². The Morgan fingerprint density at radius 3 is 2.56 bits per heavy atom. The summed E-state index contributed by atoms with van der Waals surface area (Å²) in [6.07, 6.45) is 0.723. The molecule has 1 fully saturated rings. The van der Waals surface area contributed by atoms with E-state index in [1.807, 2.05) is 13.0 Å². The van der Waals surface area contributed by atoms with Crippen molar-refractivity contribution in [2.45, 2.75) is 25.5 Å². The second-order valence-corrected chi connectivity index (χ2v) is 8.01. The normalized spacial score (nSPS) is 21.5. The Morgan fingerprint density at radius 1 is 1.03 bits per heavy atom. The molecule has 0 radical (unpaired) electrons. The number of amides is 1. The Bertz CT molecular complexity index is 1270. The van der Waals surface area contributed by atoms with Gasteiger partial charge >= 0.3 is 0 Å². The molecule has 0 aromatic heterocycles. The standard InChI is InChI=1S/C26H20FNO4/c1-15-12-18-13-17(10-11-21(18)32-15)24(29)22-23(16-6-3-2-4-7-16)28(26(31)25(22)30)20-9-5-8-19(27)14-20/h2-11,13-15,23,29H,12H2,1H3/b24-22-. The summed E-state index contributed by atoms with van der Waals surface area (Å²) in [5.41, 5.74) is 2.21. The van der Waals surface area contributed by atoms with Crippen LogP contribution in [-0.2, 0) is 16.0 Å². The highest BCUT2D eigenvalue weighted by Gasteiger charge is 2.47. The number of hydrogen-bond donors (Lipinski definition) is 1.